The van der Waals surface area contributed by atoms with Gasteiger partial charge >= 0.3 is 0 Å². The molecule has 0 saturated heterocycles. The number of rotatable bonds is 1. The zero-order valence-corrected chi connectivity index (χ0v) is 10.9. The molecule has 1 unspecified atom stereocenters. The van der Waals surface area contributed by atoms with Crippen molar-refractivity contribution in [3.05, 3.63) is 39.9 Å². The molecule has 1 aromatic carbocycles. The molecule has 0 spiro atoms. The third kappa shape index (κ3) is 1.53. The van der Waals surface area contributed by atoms with Crippen molar-refractivity contribution in [2.45, 2.75) is 25.7 Å². The van der Waals surface area contributed by atoms with Gasteiger partial charge in [-0.05, 0) is 31.0 Å². The Balaban J connectivity index is 2.85. The van der Waals surface area contributed by atoms with Crippen LogP contribution in [0.5, 0.6) is 0 Å². The van der Waals surface area contributed by atoms with Crippen LogP contribution in [-0.4, -0.2) is 10.9 Å². The summed E-state index contributed by atoms with van der Waals surface area (Å²) >= 11 is 5.90. The van der Waals surface area contributed by atoms with Crippen molar-refractivity contribution in [3.63, 3.8) is 0 Å². The van der Waals surface area contributed by atoms with Crippen LogP contribution in [0.15, 0.2) is 23.8 Å². The number of aliphatic hydroxyl groups is 1. The number of fused-ring (bicyclic) bond motifs is 1. The van der Waals surface area contributed by atoms with Crippen LogP contribution in [0.3, 0.4) is 0 Å². The number of hydrogen-bond acceptors (Lipinski definition) is 3. The third-order valence-corrected chi connectivity index (χ3v) is 3.60. The molecule has 4 heteroatoms. The van der Waals surface area contributed by atoms with E-state index in [9.17, 15) is 15.2 Å². The summed E-state index contributed by atoms with van der Waals surface area (Å²) in [6.45, 7) is 3.35. The van der Waals surface area contributed by atoms with E-state index in [2.05, 4.69) is 6.07 Å². The number of benzene rings is 1. The highest BCUT2D eigenvalue weighted by atomic mass is 35.5. The average molecular weight is 262 g/mol. The zero-order valence-electron chi connectivity index (χ0n) is 10.1. The quantitative estimate of drug-likeness (QED) is 0.843. The van der Waals surface area contributed by atoms with Gasteiger partial charge in [-0.15, -0.1) is 0 Å². The molecule has 1 atom stereocenters. The Bertz CT molecular complexity index is 613. The molecule has 1 aliphatic carbocycles. The van der Waals surface area contributed by atoms with Crippen LogP contribution in [0.25, 0.3) is 5.76 Å². The molecule has 0 saturated carbocycles. The zero-order chi connectivity index (χ0) is 13.5. The van der Waals surface area contributed by atoms with Gasteiger partial charge in [-0.25, -0.2) is 0 Å². The molecule has 3 nitrogen and oxygen atoms in total. The summed E-state index contributed by atoms with van der Waals surface area (Å²) in [7, 11) is 0. The Morgan fingerprint density at radius 2 is 2.17 bits per heavy atom. The van der Waals surface area contributed by atoms with Crippen molar-refractivity contribution in [2.24, 2.45) is 0 Å². The van der Waals surface area contributed by atoms with Gasteiger partial charge in [0.1, 0.15) is 11.2 Å². The van der Waals surface area contributed by atoms with Crippen LogP contribution in [0, 0.1) is 11.3 Å². The molecule has 0 fully saturated rings. The second kappa shape index (κ2) is 4.15. The van der Waals surface area contributed by atoms with E-state index >= 15 is 0 Å². The lowest BCUT2D eigenvalue weighted by atomic mass is 9.70. The SMILES string of the molecule is CCC1=C(O)c2cc(Cl)ccc2C(C)(C#N)C1=O. The number of nitriles is 1. The summed E-state index contributed by atoms with van der Waals surface area (Å²) in [5.41, 5.74) is 0.0169. The van der Waals surface area contributed by atoms with Gasteiger partial charge in [0, 0.05) is 16.2 Å². The fraction of sp³-hybridized carbons (Fsp3) is 0.286. The fourth-order valence-electron chi connectivity index (χ4n) is 2.28. The highest BCUT2D eigenvalue weighted by molar-refractivity contribution is 6.31. The minimum atomic E-state index is -1.25. The number of allylic oxidation sites excluding steroid dienone is 1. The van der Waals surface area contributed by atoms with Crippen molar-refractivity contribution < 1.29 is 9.90 Å². The second-order valence-electron chi connectivity index (χ2n) is 4.44. The van der Waals surface area contributed by atoms with Gasteiger partial charge in [-0.2, -0.15) is 5.26 Å². The first kappa shape index (κ1) is 12.7. The fourth-order valence-corrected chi connectivity index (χ4v) is 2.45. The minimum absolute atomic E-state index is 0.0623. The summed E-state index contributed by atoms with van der Waals surface area (Å²) in [5, 5.41) is 19.9. The number of halogens is 1. The maximum Gasteiger partial charge on any atom is 0.186 e. The lowest BCUT2D eigenvalue weighted by Crippen LogP contribution is -2.36. The van der Waals surface area contributed by atoms with Crippen molar-refractivity contribution >= 4 is 23.1 Å². The molecule has 0 amide bonds. The Hall–Kier alpha value is -1.79. The van der Waals surface area contributed by atoms with Crippen molar-refractivity contribution in [1.29, 1.82) is 5.26 Å². The van der Waals surface area contributed by atoms with E-state index in [1.807, 2.05) is 0 Å². The van der Waals surface area contributed by atoms with E-state index in [1.54, 1.807) is 32.0 Å². The molecule has 0 aliphatic heterocycles. The molecular formula is C14H12ClNO2. The van der Waals surface area contributed by atoms with Crippen LogP contribution in [0.2, 0.25) is 5.02 Å². The van der Waals surface area contributed by atoms with Gasteiger partial charge in [-0.1, -0.05) is 24.6 Å². The van der Waals surface area contributed by atoms with E-state index in [0.717, 1.165) is 0 Å². The minimum Gasteiger partial charge on any atom is -0.507 e. The van der Waals surface area contributed by atoms with Gasteiger partial charge in [0.05, 0.1) is 6.07 Å². The summed E-state index contributed by atoms with van der Waals surface area (Å²) in [4.78, 5) is 12.3. The summed E-state index contributed by atoms with van der Waals surface area (Å²) in [6.07, 6.45) is 0.383. The van der Waals surface area contributed by atoms with Gasteiger partial charge in [-0.3, -0.25) is 4.79 Å². The molecule has 0 heterocycles. The smallest absolute Gasteiger partial charge is 0.186 e. The number of carbonyl (C=O) groups excluding carboxylic acids is 1. The molecule has 92 valence electrons. The summed E-state index contributed by atoms with van der Waals surface area (Å²) < 4.78 is 0. The van der Waals surface area contributed by atoms with Crippen LogP contribution in [0.1, 0.15) is 31.4 Å². The molecule has 1 aliphatic rings. The highest BCUT2D eigenvalue weighted by Crippen LogP contribution is 2.40. The van der Waals surface area contributed by atoms with Crippen LogP contribution in [-0.2, 0) is 10.2 Å². The van der Waals surface area contributed by atoms with E-state index in [1.165, 1.54) is 0 Å². The number of ketones is 1. The van der Waals surface area contributed by atoms with E-state index in [0.29, 0.717) is 22.6 Å². The summed E-state index contributed by atoms with van der Waals surface area (Å²) in [5.74, 6) is -0.396. The molecule has 2 rings (SSSR count). The lowest BCUT2D eigenvalue weighted by Gasteiger charge is -2.29. The maximum absolute atomic E-state index is 12.3. The monoisotopic (exact) mass is 261 g/mol. The number of nitrogens with zero attached hydrogens (tertiary/aromatic N) is 1. The highest BCUT2D eigenvalue weighted by Gasteiger charge is 2.43. The van der Waals surface area contributed by atoms with Crippen LogP contribution < -0.4 is 0 Å². The Morgan fingerprint density at radius 3 is 2.72 bits per heavy atom. The predicted octanol–water partition coefficient (Wildman–Crippen LogP) is 3.38. The maximum atomic E-state index is 12.3. The number of aliphatic hydroxyl groups excluding tert-OH is 1. The second-order valence-corrected chi connectivity index (χ2v) is 4.87. The standard InChI is InChI=1S/C14H12ClNO2/c1-3-9-12(17)10-6-8(15)4-5-11(10)14(2,7-16)13(9)18/h4-6,17H,3H2,1-2H3. The molecule has 1 N–H and O–H groups in total. The third-order valence-electron chi connectivity index (χ3n) is 3.37. The van der Waals surface area contributed by atoms with Crippen LogP contribution >= 0.6 is 11.6 Å². The molecule has 1 aromatic rings. The average Bonchev–Trinajstić information content (AvgIpc) is 2.37. The largest absolute Gasteiger partial charge is 0.507 e. The van der Waals surface area contributed by atoms with E-state index in [-0.39, 0.29) is 17.1 Å². The van der Waals surface area contributed by atoms with Crippen molar-refractivity contribution in [3.8, 4) is 6.07 Å². The molecule has 18 heavy (non-hydrogen) atoms. The first-order valence-electron chi connectivity index (χ1n) is 5.64. The van der Waals surface area contributed by atoms with Gasteiger partial charge in [0.25, 0.3) is 0 Å². The Labute approximate surface area is 110 Å². The Kier molecular flexibility index (Phi) is 2.92. The summed E-state index contributed by atoms with van der Waals surface area (Å²) in [6, 6.07) is 6.88. The predicted molar refractivity (Wildman–Crippen MR) is 69.3 cm³/mol. The first-order valence-corrected chi connectivity index (χ1v) is 6.02. The number of hydrogen-bond donors (Lipinski definition) is 1. The van der Waals surface area contributed by atoms with E-state index in [4.69, 9.17) is 11.6 Å². The van der Waals surface area contributed by atoms with Gasteiger partial charge in [0.2, 0.25) is 0 Å². The molecule has 0 radical (unpaired) electrons. The molecule has 0 bridgehead atoms. The van der Waals surface area contributed by atoms with Crippen molar-refractivity contribution in [2.75, 3.05) is 0 Å². The Morgan fingerprint density at radius 1 is 1.50 bits per heavy atom. The topological polar surface area (TPSA) is 61.1 Å². The first-order chi connectivity index (χ1) is 8.45. The van der Waals surface area contributed by atoms with E-state index < -0.39 is 5.41 Å². The van der Waals surface area contributed by atoms with Gasteiger partial charge < -0.3 is 5.11 Å². The normalized spacial score (nSPS) is 22.7. The van der Waals surface area contributed by atoms with Crippen LogP contribution in [0.4, 0.5) is 0 Å². The number of carbonyl (C=O) groups is 1. The molecular weight excluding hydrogens is 250 g/mol. The number of Topliss-reactive ketones (excluding diaryl/α,β-unsaturated/α-hetero) is 1. The van der Waals surface area contributed by atoms with Gasteiger partial charge in [0.15, 0.2) is 5.78 Å². The lowest BCUT2D eigenvalue weighted by molar-refractivity contribution is -0.118. The van der Waals surface area contributed by atoms with Crippen molar-refractivity contribution in [1.82, 2.24) is 0 Å². The molecule has 0 aromatic heterocycles.